The lowest BCUT2D eigenvalue weighted by molar-refractivity contribution is 0.409. The Morgan fingerprint density at radius 3 is 2.55 bits per heavy atom. The molecule has 158 valence electrons. The van der Waals surface area contributed by atoms with Crippen LogP contribution in [-0.2, 0) is 0 Å². The van der Waals surface area contributed by atoms with E-state index in [-0.39, 0.29) is 6.04 Å². The van der Waals surface area contributed by atoms with Crippen LogP contribution in [0.5, 0.6) is 5.75 Å². The molecular weight excluding hydrogens is 388 g/mol. The smallest absolute Gasteiger partial charge is 0.232 e. The molecule has 31 heavy (non-hydrogen) atoms. The number of benzene rings is 2. The third-order valence-electron chi connectivity index (χ3n) is 5.96. The van der Waals surface area contributed by atoms with Crippen molar-refractivity contribution in [1.29, 1.82) is 0 Å². The number of nitrogens with one attached hydrogen (secondary N) is 1. The third-order valence-corrected chi connectivity index (χ3v) is 5.96. The monoisotopic (exact) mass is 414 g/mol. The second kappa shape index (κ2) is 8.40. The van der Waals surface area contributed by atoms with E-state index >= 15 is 0 Å². The van der Waals surface area contributed by atoms with Crippen LogP contribution in [0.15, 0.2) is 65.3 Å². The van der Waals surface area contributed by atoms with Crippen molar-refractivity contribution < 1.29 is 9.15 Å². The summed E-state index contributed by atoms with van der Waals surface area (Å²) in [4.78, 5) is 9.05. The molecule has 0 unspecified atom stereocenters. The van der Waals surface area contributed by atoms with Crippen LogP contribution in [-0.4, -0.2) is 29.2 Å². The Morgan fingerprint density at radius 1 is 1.00 bits per heavy atom. The molecule has 1 saturated carbocycles. The molecule has 0 radical (unpaired) electrons. The molecular formula is C25H26N4O2. The number of hydrogen-bond donors (Lipinski definition) is 2. The van der Waals surface area contributed by atoms with E-state index in [9.17, 15) is 0 Å². The molecule has 6 heteroatoms. The van der Waals surface area contributed by atoms with Crippen molar-refractivity contribution in [1.82, 2.24) is 9.97 Å². The van der Waals surface area contributed by atoms with Gasteiger partial charge < -0.3 is 20.2 Å². The van der Waals surface area contributed by atoms with Crippen LogP contribution >= 0.6 is 0 Å². The Morgan fingerprint density at radius 2 is 1.81 bits per heavy atom. The molecule has 0 aliphatic heterocycles. The zero-order valence-corrected chi connectivity index (χ0v) is 17.5. The molecule has 1 aliphatic carbocycles. The van der Waals surface area contributed by atoms with Gasteiger partial charge in [-0.1, -0.05) is 42.5 Å². The quantitative estimate of drug-likeness (QED) is 0.464. The zero-order valence-electron chi connectivity index (χ0n) is 17.5. The summed E-state index contributed by atoms with van der Waals surface area (Å²) in [6.45, 7) is 0. The minimum atomic E-state index is 0.230. The molecule has 2 atom stereocenters. The topological polar surface area (TPSA) is 86.2 Å². The third kappa shape index (κ3) is 3.86. The molecule has 0 spiro atoms. The van der Waals surface area contributed by atoms with Crippen molar-refractivity contribution in [3.63, 3.8) is 0 Å². The summed E-state index contributed by atoms with van der Waals surface area (Å²) in [5.41, 5.74) is 9.79. The Bertz CT molecular complexity index is 1170. The molecule has 0 bridgehead atoms. The van der Waals surface area contributed by atoms with Crippen molar-refractivity contribution in [2.45, 2.75) is 37.8 Å². The standard InChI is InChI=1S/C25H26N4O2/c1-30-20-12-10-16(11-13-20)21-22-24(29-19-9-5-8-18(26)14-19)27-15-28-25(22)31-23(21)17-6-3-2-4-7-17/h2-4,6-7,10-13,15,18-19H,5,8-9,14,26H2,1H3,(H,27,28,29)/t18-,19-/m0/s1. The molecule has 2 aromatic carbocycles. The summed E-state index contributed by atoms with van der Waals surface area (Å²) in [7, 11) is 1.67. The first-order chi connectivity index (χ1) is 15.2. The van der Waals surface area contributed by atoms with Crippen LogP contribution in [0, 0.1) is 0 Å². The summed E-state index contributed by atoms with van der Waals surface area (Å²) in [5.74, 6) is 2.38. The van der Waals surface area contributed by atoms with Gasteiger partial charge in [0.25, 0.3) is 0 Å². The molecule has 0 saturated heterocycles. The second-order valence-electron chi connectivity index (χ2n) is 8.07. The van der Waals surface area contributed by atoms with E-state index in [0.29, 0.717) is 11.8 Å². The number of anilines is 1. The maximum Gasteiger partial charge on any atom is 0.232 e. The highest BCUT2D eigenvalue weighted by Crippen LogP contribution is 2.43. The fourth-order valence-corrected chi connectivity index (χ4v) is 4.42. The predicted octanol–water partition coefficient (Wildman–Crippen LogP) is 5.25. The van der Waals surface area contributed by atoms with Crippen molar-refractivity contribution >= 4 is 16.9 Å². The summed E-state index contributed by atoms with van der Waals surface area (Å²) in [5, 5.41) is 4.53. The fraction of sp³-hybridized carbons (Fsp3) is 0.280. The number of hydrogen-bond acceptors (Lipinski definition) is 6. The van der Waals surface area contributed by atoms with E-state index < -0.39 is 0 Å². The molecule has 1 aliphatic rings. The minimum absolute atomic E-state index is 0.230. The van der Waals surface area contributed by atoms with Gasteiger partial charge in [-0.15, -0.1) is 0 Å². The van der Waals surface area contributed by atoms with E-state index in [1.807, 2.05) is 54.6 Å². The highest BCUT2D eigenvalue weighted by atomic mass is 16.5. The van der Waals surface area contributed by atoms with Gasteiger partial charge in [-0.3, -0.25) is 0 Å². The fourth-order valence-electron chi connectivity index (χ4n) is 4.42. The maximum atomic E-state index is 6.30. The number of methoxy groups -OCH3 is 1. The van der Waals surface area contributed by atoms with E-state index in [2.05, 4.69) is 15.3 Å². The van der Waals surface area contributed by atoms with Crippen LogP contribution in [0.4, 0.5) is 5.82 Å². The van der Waals surface area contributed by atoms with Crippen molar-refractivity contribution in [2.24, 2.45) is 5.73 Å². The van der Waals surface area contributed by atoms with E-state index in [1.165, 1.54) is 0 Å². The minimum Gasteiger partial charge on any atom is -0.497 e. The predicted molar refractivity (Wildman–Crippen MR) is 123 cm³/mol. The highest BCUT2D eigenvalue weighted by molar-refractivity contribution is 6.05. The van der Waals surface area contributed by atoms with Gasteiger partial charge in [-0.25, -0.2) is 9.97 Å². The number of fused-ring (bicyclic) bond motifs is 1. The van der Waals surface area contributed by atoms with Gasteiger partial charge in [-0.05, 0) is 43.4 Å². The first kappa shape index (κ1) is 19.6. The van der Waals surface area contributed by atoms with E-state index in [1.54, 1.807) is 13.4 Å². The van der Waals surface area contributed by atoms with E-state index in [0.717, 1.165) is 65.1 Å². The highest BCUT2D eigenvalue weighted by Gasteiger charge is 2.25. The zero-order chi connectivity index (χ0) is 21.2. The average Bonchev–Trinajstić information content (AvgIpc) is 3.20. The number of ether oxygens (including phenoxy) is 1. The second-order valence-corrected chi connectivity index (χ2v) is 8.07. The Balaban J connectivity index is 1.68. The number of rotatable bonds is 5. The van der Waals surface area contributed by atoms with Gasteiger partial charge in [0.1, 0.15) is 23.7 Å². The van der Waals surface area contributed by atoms with Gasteiger partial charge in [0.05, 0.1) is 12.5 Å². The Kier molecular flexibility index (Phi) is 5.30. The molecule has 5 rings (SSSR count). The Labute approximate surface area is 181 Å². The molecule has 4 aromatic rings. The molecule has 3 N–H and O–H groups in total. The maximum absolute atomic E-state index is 6.30. The first-order valence-corrected chi connectivity index (χ1v) is 10.7. The molecule has 6 nitrogen and oxygen atoms in total. The van der Waals surface area contributed by atoms with Crippen molar-refractivity contribution in [2.75, 3.05) is 12.4 Å². The van der Waals surface area contributed by atoms with Crippen molar-refractivity contribution in [3.05, 3.63) is 60.9 Å². The summed E-state index contributed by atoms with van der Waals surface area (Å²) in [6.07, 6.45) is 5.79. The van der Waals surface area contributed by atoms with Gasteiger partial charge in [0, 0.05) is 23.2 Å². The van der Waals surface area contributed by atoms with Crippen LogP contribution < -0.4 is 15.8 Å². The van der Waals surface area contributed by atoms with Crippen molar-refractivity contribution in [3.8, 4) is 28.2 Å². The van der Waals surface area contributed by atoms with Crippen LogP contribution in [0.25, 0.3) is 33.6 Å². The van der Waals surface area contributed by atoms with E-state index in [4.69, 9.17) is 14.9 Å². The number of nitrogens with zero attached hydrogens (tertiary/aromatic N) is 2. The largest absolute Gasteiger partial charge is 0.497 e. The summed E-state index contributed by atoms with van der Waals surface area (Å²) in [6, 6.07) is 18.6. The van der Waals surface area contributed by atoms with Gasteiger partial charge in [0.2, 0.25) is 5.71 Å². The first-order valence-electron chi connectivity index (χ1n) is 10.7. The van der Waals surface area contributed by atoms with Gasteiger partial charge in [-0.2, -0.15) is 0 Å². The molecule has 1 fully saturated rings. The SMILES string of the molecule is COc1ccc(-c2c(-c3ccccc3)oc3ncnc(N[C@H]4CCC[C@H](N)C4)c23)cc1. The number of furan rings is 1. The number of aromatic nitrogens is 2. The Hall–Kier alpha value is -3.38. The lowest BCUT2D eigenvalue weighted by Crippen LogP contribution is -2.35. The van der Waals surface area contributed by atoms with Crippen LogP contribution in [0.2, 0.25) is 0 Å². The lowest BCUT2D eigenvalue weighted by atomic mass is 9.91. The summed E-state index contributed by atoms with van der Waals surface area (Å²) < 4.78 is 11.7. The normalized spacial score (nSPS) is 18.8. The lowest BCUT2D eigenvalue weighted by Gasteiger charge is -2.27. The average molecular weight is 415 g/mol. The molecule has 2 heterocycles. The molecule has 0 amide bonds. The molecule has 2 aromatic heterocycles. The summed E-state index contributed by atoms with van der Waals surface area (Å²) >= 11 is 0. The van der Waals surface area contributed by atoms with Crippen LogP contribution in [0.3, 0.4) is 0 Å². The number of nitrogens with two attached hydrogens (primary N) is 1. The van der Waals surface area contributed by atoms with Crippen LogP contribution in [0.1, 0.15) is 25.7 Å². The van der Waals surface area contributed by atoms with Gasteiger partial charge in [0.15, 0.2) is 0 Å². The van der Waals surface area contributed by atoms with Gasteiger partial charge >= 0.3 is 0 Å².